The predicted molar refractivity (Wildman–Crippen MR) is 80.5 cm³/mol. The molecule has 1 aromatic heterocycles. The van der Waals surface area contributed by atoms with Crippen LogP contribution in [0.1, 0.15) is 36.5 Å². The molecule has 22 heavy (non-hydrogen) atoms. The zero-order valence-corrected chi connectivity index (χ0v) is 13.0. The molecule has 1 amide bonds. The Morgan fingerprint density at radius 3 is 3.23 bits per heavy atom. The van der Waals surface area contributed by atoms with Gasteiger partial charge in [-0.25, -0.2) is 0 Å². The number of hydrogen-bond acceptors (Lipinski definition) is 5. The summed E-state index contributed by atoms with van der Waals surface area (Å²) in [6, 6.07) is 1.72. The van der Waals surface area contributed by atoms with Crippen LogP contribution < -0.4 is 0 Å². The van der Waals surface area contributed by atoms with Gasteiger partial charge < -0.3 is 14.4 Å². The van der Waals surface area contributed by atoms with E-state index in [1.54, 1.807) is 12.3 Å². The highest BCUT2D eigenvalue weighted by Gasteiger charge is 2.47. The van der Waals surface area contributed by atoms with Gasteiger partial charge >= 0.3 is 0 Å². The lowest BCUT2D eigenvalue weighted by Gasteiger charge is -2.50. The Balaban J connectivity index is 1.76. The maximum Gasteiger partial charge on any atom is 0.255 e. The highest BCUT2D eigenvalue weighted by molar-refractivity contribution is 5.93. The number of amides is 1. The molecule has 0 radical (unpaired) electrons. The zero-order valence-electron chi connectivity index (χ0n) is 13.0. The first-order chi connectivity index (χ1) is 10.7. The summed E-state index contributed by atoms with van der Waals surface area (Å²) in [5.41, 5.74) is 0.527. The predicted octanol–water partition coefficient (Wildman–Crippen LogP) is 1.52. The van der Waals surface area contributed by atoms with Crippen LogP contribution in [0.3, 0.4) is 0 Å². The molecule has 0 saturated carbocycles. The molecule has 2 atom stereocenters. The number of nitrogens with zero attached hydrogens (tertiary/aromatic N) is 3. The fourth-order valence-electron chi connectivity index (χ4n) is 3.58. The molecule has 2 unspecified atom stereocenters. The summed E-state index contributed by atoms with van der Waals surface area (Å²) in [6.45, 7) is 5.59. The standard InChI is InChI=1S/C16H23N3O3/c1-2-21-12-16-6-3-9-22-14(16)5-8-19(11-16)15(20)13-4-7-17-18-10-13/h4,7,10,14H,2-3,5-6,8-9,11-12H2,1H3. The van der Waals surface area contributed by atoms with E-state index in [1.807, 2.05) is 11.8 Å². The molecule has 1 aromatic rings. The Hall–Kier alpha value is -1.53. The van der Waals surface area contributed by atoms with E-state index in [4.69, 9.17) is 9.47 Å². The Kier molecular flexibility index (Phi) is 4.69. The summed E-state index contributed by atoms with van der Waals surface area (Å²) >= 11 is 0. The van der Waals surface area contributed by atoms with Crippen LogP contribution >= 0.6 is 0 Å². The van der Waals surface area contributed by atoms with Gasteiger partial charge in [-0.2, -0.15) is 10.2 Å². The molecule has 2 fully saturated rings. The first-order valence-corrected chi connectivity index (χ1v) is 8.00. The van der Waals surface area contributed by atoms with Gasteiger partial charge in [0.05, 0.1) is 30.7 Å². The number of rotatable bonds is 4. The number of carbonyl (C=O) groups excluding carboxylic acids is 1. The summed E-state index contributed by atoms with van der Waals surface area (Å²) in [7, 11) is 0. The van der Waals surface area contributed by atoms with Crippen LogP contribution in [0.4, 0.5) is 0 Å². The van der Waals surface area contributed by atoms with Gasteiger partial charge in [0.1, 0.15) is 0 Å². The summed E-state index contributed by atoms with van der Waals surface area (Å²) < 4.78 is 11.7. The van der Waals surface area contributed by atoms with Crippen molar-refractivity contribution in [1.82, 2.24) is 15.1 Å². The molecule has 120 valence electrons. The molecule has 0 aliphatic carbocycles. The van der Waals surface area contributed by atoms with E-state index >= 15 is 0 Å². The van der Waals surface area contributed by atoms with E-state index in [2.05, 4.69) is 10.2 Å². The van der Waals surface area contributed by atoms with E-state index in [0.717, 1.165) is 32.4 Å². The normalized spacial score (nSPS) is 28.2. The first-order valence-electron chi connectivity index (χ1n) is 8.00. The van der Waals surface area contributed by atoms with Crippen molar-refractivity contribution in [2.75, 3.05) is 32.9 Å². The number of piperidine rings is 1. The van der Waals surface area contributed by atoms with Crippen LogP contribution in [0.25, 0.3) is 0 Å². The van der Waals surface area contributed by atoms with E-state index in [0.29, 0.717) is 25.3 Å². The van der Waals surface area contributed by atoms with E-state index < -0.39 is 0 Å². The van der Waals surface area contributed by atoms with Crippen molar-refractivity contribution < 1.29 is 14.3 Å². The molecule has 2 aliphatic rings. The Morgan fingerprint density at radius 2 is 2.45 bits per heavy atom. The van der Waals surface area contributed by atoms with Crippen molar-refractivity contribution in [3.05, 3.63) is 24.0 Å². The summed E-state index contributed by atoms with van der Waals surface area (Å²) in [5, 5.41) is 7.53. The number of ether oxygens (including phenoxy) is 2. The number of hydrogen-bond donors (Lipinski definition) is 0. The average Bonchev–Trinajstić information content (AvgIpc) is 2.59. The molecular weight excluding hydrogens is 282 g/mol. The molecule has 3 heterocycles. The second-order valence-electron chi connectivity index (χ2n) is 6.11. The fraction of sp³-hybridized carbons (Fsp3) is 0.688. The van der Waals surface area contributed by atoms with E-state index in [9.17, 15) is 4.79 Å². The zero-order chi connectivity index (χ0) is 15.4. The molecule has 3 rings (SSSR count). The minimum Gasteiger partial charge on any atom is -0.381 e. The van der Waals surface area contributed by atoms with Crippen LogP contribution in [-0.2, 0) is 9.47 Å². The van der Waals surface area contributed by atoms with Crippen LogP contribution in [0.2, 0.25) is 0 Å². The summed E-state index contributed by atoms with van der Waals surface area (Å²) in [5.74, 6) is 0.0230. The van der Waals surface area contributed by atoms with Gasteiger partial charge in [-0.15, -0.1) is 0 Å². The van der Waals surface area contributed by atoms with Gasteiger partial charge in [0.15, 0.2) is 0 Å². The minimum absolute atomic E-state index is 0.0230. The van der Waals surface area contributed by atoms with E-state index in [1.165, 1.54) is 6.20 Å². The van der Waals surface area contributed by atoms with Gasteiger partial charge in [0, 0.05) is 31.7 Å². The van der Waals surface area contributed by atoms with Gasteiger partial charge in [-0.05, 0) is 32.3 Å². The lowest BCUT2D eigenvalue weighted by molar-refractivity contribution is -0.146. The Labute approximate surface area is 130 Å². The summed E-state index contributed by atoms with van der Waals surface area (Å²) in [4.78, 5) is 14.6. The molecule has 0 bridgehead atoms. The van der Waals surface area contributed by atoms with Gasteiger partial charge in [-0.1, -0.05) is 0 Å². The number of carbonyl (C=O) groups is 1. The van der Waals surface area contributed by atoms with Crippen molar-refractivity contribution >= 4 is 5.91 Å². The smallest absolute Gasteiger partial charge is 0.255 e. The molecule has 2 aliphatic heterocycles. The second-order valence-corrected chi connectivity index (χ2v) is 6.11. The molecule has 6 nitrogen and oxygen atoms in total. The van der Waals surface area contributed by atoms with Crippen molar-refractivity contribution in [2.24, 2.45) is 5.41 Å². The van der Waals surface area contributed by atoms with Crippen molar-refractivity contribution in [1.29, 1.82) is 0 Å². The average molecular weight is 305 g/mol. The first kappa shape index (κ1) is 15.4. The third-order valence-corrected chi connectivity index (χ3v) is 4.70. The van der Waals surface area contributed by atoms with Crippen molar-refractivity contribution in [2.45, 2.75) is 32.3 Å². The molecule has 0 aromatic carbocycles. The van der Waals surface area contributed by atoms with Crippen LogP contribution in [-0.4, -0.2) is 60.0 Å². The third kappa shape index (κ3) is 2.98. The molecule has 6 heteroatoms. The monoisotopic (exact) mass is 305 g/mol. The number of likely N-dealkylation sites (tertiary alicyclic amines) is 1. The van der Waals surface area contributed by atoms with E-state index in [-0.39, 0.29) is 17.4 Å². The highest BCUT2D eigenvalue weighted by atomic mass is 16.5. The third-order valence-electron chi connectivity index (χ3n) is 4.70. The molecule has 0 N–H and O–H groups in total. The Bertz CT molecular complexity index is 511. The van der Waals surface area contributed by atoms with Crippen LogP contribution in [0.5, 0.6) is 0 Å². The van der Waals surface area contributed by atoms with Crippen molar-refractivity contribution in [3.63, 3.8) is 0 Å². The van der Waals surface area contributed by atoms with Crippen LogP contribution in [0, 0.1) is 5.41 Å². The maximum absolute atomic E-state index is 12.7. The topological polar surface area (TPSA) is 64.6 Å². The Morgan fingerprint density at radius 1 is 1.55 bits per heavy atom. The SMILES string of the molecule is CCOCC12CCCOC1CCN(C(=O)c1ccnnc1)C2. The second kappa shape index (κ2) is 6.71. The highest BCUT2D eigenvalue weighted by Crippen LogP contribution is 2.40. The quantitative estimate of drug-likeness (QED) is 0.844. The fourth-order valence-corrected chi connectivity index (χ4v) is 3.58. The van der Waals surface area contributed by atoms with Crippen molar-refractivity contribution in [3.8, 4) is 0 Å². The van der Waals surface area contributed by atoms with Gasteiger partial charge in [-0.3, -0.25) is 4.79 Å². The van der Waals surface area contributed by atoms with Gasteiger partial charge in [0.2, 0.25) is 0 Å². The molecular formula is C16H23N3O3. The van der Waals surface area contributed by atoms with Gasteiger partial charge in [0.25, 0.3) is 5.91 Å². The number of aromatic nitrogens is 2. The lowest BCUT2D eigenvalue weighted by atomic mass is 9.73. The van der Waals surface area contributed by atoms with Crippen LogP contribution in [0.15, 0.2) is 18.5 Å². The molecule has 0 spiro atoms. The number of fused-ring (bicyclic) bond motifs is 1. The lowest BCUT2D eigenvalue weighted by Crippen LogP contribution is -2.58. The largest absolute Gasteiger partial charge is 0.381 e. The maximum atomic E-state index is 12.7. The summed E-state index contributed by atoms with van der Waals surface area (Å²) in [6.07, 6.45) is 6.24. The molecule has 2 saturated heterocycles. The minimum atomic E-state index is -0.0668.